The summed E-state index contributed by atoms with van der Waals surface area (Å²) in [5.41, 5.74) is 13.1. The van der Waals surface area contributed by atoms with E-state index in [0.29, 0.717) is 60.8 Å². The zero-order valence-electron chi connectivity index (χ0n) is 17.8. The number of hydrogen-bond donors (Lipinski definition) is 2. The molecule has 4 aromatic rings. The molecule has 5 heterocycles. The summed E-state index contributed by atoms with van der Waals surface area (Å²) in [6.07, 6.45) is 4.72. The van der Waals surface area contributed by atoms with Gasteiger partial charge >= 0.3 is 0 Å². The molecule has 0 spiro atoms. The van der Waals surface area contributed by atoms with Gasteiger partial charge in [0.2, 0.25) is 11.9 Å². The number of halogens is 1. The van der Waals surface area contributed by atoms with Crippen LogP contribution in [-0.4, -0.2) is 51.2 Å². The molecule has 33 heavy (non-hydrogen) atoms. The maximum atomic E-state index is 14.2. The van der Waals surface area contributed by atoms with Gasteiger partial charge in [-0.3, -0.25) is 0 Å². The van der Waals surface area contributed by atoms with E-state index in [4.69, 9.17) is 16.2 Å². The SMILES string of the molecule is Nc1ccc(-c2cc(-c3cccnc3F)nc(N3CCOCC3)n2)cn1.Nc1ccccn1. The number of nitrogens with two attached hydrogens (primary N) is 2. The van der Waals surface area contributed by atoms with E-state index in [0.717, 1.165) is 5.56 Å². The van der Waals surface area contributed by atoms with Gasteiger partial charge in [-0.2, -0.15) is 4.39 Å². The highest BCUT2D eigenvalue weighted by Crippen LogP contribution is 2.27. The third-order valence-electron chi connectivity index (χ3n) is 4.81. The largest absolute Gasteiger partial charge is 0.384 e. The second-order valence-corrected chi connectivity index (χ2v) is 7.11. The Morgan fingerprint density at radius 2 is 1.58 bits per heavy atom. The first-order valence-electron chi connectivity index (χ1n) is 10.3. The van der Waals surface area contributed by atoms with Crippen molar-refractivity contribution in [2.75, 3.05) is 42.7 Å². The van der Waals surface area contributed by atoms with Crippen molar-refractivity contribution in [3.63, 3.8) is 0 Å². The van der Waals surface area contributed by atoms with Gasteiger partial charge in [-0.25, -0.2) is 24.9 Å². The fraction of sp³-hybridized carbons (Fsp3) is 0.174. The number of nitrogen functional groups attached to an aromatic ring is 2. The molecule has 0 atom stereocenters. The van der Waals surface area contributed by atoms with Crippen molar-refractivity contribution in [1.82, 2.24) is 24.9 Å². The van der Waals surface area contributed by atoms with Crippen molar-refractivity contribution in [1.29, 1.82) is 0 Å². The highest BCUT2D eigenvalue weighted by atomic mass is 19.1. The molecule has 0 unspecified atom stereocenters. The lowest BCUT2D eigenvalue weighted by Crippen LogP contribution is -2.37. The molecule has 0 aliphatic carbocycles. The first kappa shape index (κ1) is 22.0. The molecule has 1 aliphatic rings. The van der Waals surface area contributed by atoms with Crippen molar-refractivity contribution in [2.24, 2.45) is 0 Å². The molecule has 1 aliphatic heterocycles. The van der Waals surface area contributed by atoms with Crippen LogP contribution in [0.5, 0.6) is 0 Å². The van der Waals surface area contributed by atoms with Crippen LogP contribution in [0.25, 0.3) is 22.5 Å². The van der Waals surface area contributed by atoms with Crippen LogP contribution in [0.3, 0.4) is 0 Å². The highest BCUT2D eigenvalue weighted by Gasteiger charge is 2.18. The summed E-state index contributed by atoms with van der Waals surface area (Å²) in [7, 11) is 0. The van der Waals surface area contributed by atoms with Gasteiger partial charge in [-0.05, 0) is 42.5 Å². The molecule has 0 aromatic carbocycles. The van der Waals surface area contributed by atoms with E-state index in [-0.39, 0.29) is 0 Å². The molecule has 10 heteroatoms. The fourth-order valence-electron chi connectivity index (χ4n) is 3.14. The average molecular weight is 446 g/mol. The van der Waals surface area contributed by atoms with Gasteiger partial charge in [0.25, 0.3) is 0 Å². The molecule has 5 rings (SSSR count). The number of hydrogen-bond acceptors (Lipinski definition) is 9. The first-order chi connectivity index (χ1) is 16.1. The monoisotopic (exact) mass is 446 g/mol. The van der Waals surface area contributed by atoms with Crippen LogP contribution in [0.2, 0.25) is 0 Å². The molecule has 1 fully saturated rings. The predicted octanol–water partition coefficient (Wildman–Crippen LogP) is 2.82. The number of ether oxygens (including phenoxy) is 1. The topological polar surface area (TPSA) is 129 Å². The maximum Gasteiger partial charge on any atom is 0.226 e. The maximum absolute atomic E-state index is 14.2. The van der Waals surface area contributed by atoms with Gasteiger partial charge < -0.3 is 21.1 Å². The van der Waals surface area contributed by atoms with Gasteiger partial charge in [0.15, 0.2) is 0 Å². The smallest absolute Gasteiger partial charge is 0.226 e. The Hall–Kier alpha value is -4.18. The van der Waals surface area contributed by atoms with Crippen molar-refractivity contribution in [2.45, 2.75) is 0 Å². The lowest BCUT2D eigenvalue weighted by molar-refractivity contribution is 0.122. The molecular weight excluding hydrogens is 423 g/mol. The van der Waals surface area contributed by atoms with Crippen molar-refractivity contribution in [3.8, 4) is 22.5 Å². The predicted molar refractivity (Wildman–Crippen MR) is 125 cm³/mol. The Morgan fingerprint density at radius 3 is 2.21 bits per heavy atom. The Bertz CT molecular complexity index is 1180. The van der Waals surface area contributed by atoms with E-state index >= 15 is 0 Å². The van der Waals surface area contributed by atoms with Crippen LogP contribution < -0.4 is 16.4 Å². The second kappa shape index (κ2) is 10.4. The Balaban J connectivity index is 0.000000318. The zero-order chi connectivity index (χ0) is 23.0. The molecule has 0 saturated carbocycles. The number of morpholine rings is 1. The minimum Gasteiger partial charge on any atom is -0.384 e. The Labute approximate surface area is 190 Å². The number of pyridine rings is 3. The molecule has 0 bridgehead atoms. The molecule has 4 N–H and O–H groups in total. The van der Waals surface area contributed by atoms with Crippen LogP contribution >= 0.6 is 0 Å². The summed E-state index contributed by atoms with van der Waals surface area (Å²) in [4.78, 5) is 22.8. The van der Waals surface area contributed by atoms with Crippen LogP contribution in [0.15, 0.2) is 67.1 Å². The standard InChI is InChI=1S/C18H17FN6O.C5H6N2/c19-17-13(2-1-5-21-17)15-10-14(12-3-4-16(20)22-11-12)23-18(24-15)25-6-8-26-9-7-25;6-5-3-1-2-4-7-5/h1-5,10-11H,6-9H2,(H2,20,22);1-4H,(H2,6,7). The molecular formula is C23H23FN8O. The summed E-state index contributed by atoms with van der Waals surface area (Å²) < 4.78 is 19.6. The molecule has 168 valence electrons. The number of rotatable bonds is 3. The Morgan fingerprint density at radius 1 is 0.818 bits per heavy atom. The highest BCUT2D eigenvalue weighted by molar-refractivity contribution is 5.69. The zero-order valence-corrected chi connectivity index (χ0v) is 17.8. The minimum atomic E-state index is -0.569. The van der Waals surface area contributed by atoms with E-state index in [1.54, 1.807) is 42.7 Å². The molecule has 0 radical (unpaired) electrons. The fourth-order valence-corrected chi connectivity index (χ4v) is 3.14. The van der Waals surface area contributed by atoms with Crippen molar-refractivity contribution in [3.05, 3.63) is 73.1 Å². The van der Waals surface area contributed by atoms with E-state index in [1.807, 2.05) is 23.1 Å². The van der Waals surface area contributed by atoms with Crippen LogP contribution in [0, 0.1) is 5.95 Å². The quantitative estimate of drug-likeness (QED) is 0.456. The van der Waals surface area contributed by atoms with E-state index < -0.39 is 5.95 Å². The van der Waals surface area contributed by atoms with Gasteiger partial charge in [0.1, 0.15) is 11.6 Å². The Kier molecular flexibility index (Phi) is 6.96. The molecule has 1 saturated heterocycles. The second-order valence-electron chi connectivity index (χ2n) is 7.11. The summed E-state index contributed by atoms with van der Waals surface area (Å²) >= 11 is 0. The summed E-state index contributed by atoms with van der Waals surface area (Å²) in [6, 6.07) is 14.0. The number of nitrogens with zero attached hydrogens (tertiary/aromatic N) is 6. The summed E-state index contributed by atoms with van der Waals surface area (Å²) in [5, 5.41) is 0. The third-order valence-corrected chi connectivity index (χ3v) is 4.81. The van der Waals surface area contributed by atoms with Gasteiger partial charge in [-0.15, -0.1) is 0 Å². The van der Waals surface area contributed by atoms with E-state index in [1.165, 1.54) is 6.20 Å². The van der Waals surface area contributed by atoms with Crippen LogP contribution in [0.1, 0.15) is 0 Å². The normalized spacial score (nSPS) is 13.2. The minimum absolute atomic E-state index is 0.328. The average Bonchev–Trinajstić information content (AvgIpc) is 2.86. The lowest BCUT2D eigenvalue weighted by Gasteiger charge is -2.27. The van der Waals surface area contributed by atoms with Crippen LogP contribution in [-0.2, 0) is 4.74 Å². The summed E-state index contributed by atoms with van der Waals surface area (Å²) in [6.45, 7) is 2.57. The molecule has 9 nitrogen and oxygen atoms in total. The van der Waals surface area contributed by atoms with Gasteiger partial charge in [0, 0.05) is 37.2 Å². The number of aromatic nitrogens is 5. The van der Waals surface area contributed by atoms with Crippen molar-refractivity contribution < 1.29 is 9.13 Å². The first-order valence-corrected chi connectivity index (χ1v) is 10.3. The van der Waals surface area contributed by atoms with Gasteiger partial charge in [-0.1, -0.05) is 6.07 Å². The third kappa shape index (κ3) is 5.74. The van der Waals surface area contributed by atoms with E-state index in [9.17, 15) is 4.39 Å². The van der Waals surface area contributed by atoms with Crippen LogP contribution in [0.4, 0.5) is 22.0 Å². The summed E-state index contributed by atoms with van der Waals surface area (Å²) in [5.74, 6) is 0.957. The molecule has 0 amide bonds. The van der Waals surface area contributed by atoms with Gasteiger partial charge in [0.05, 0.1) is 30.2 Å². The van der Waals surface area contributed by atoms with E-state index in [2.05, 4.69) is 24.9 Å². The van der Waals surface area contributed by atoms with Crippen molar-refractivity contribution >= 4 is 17.6 Å². The lowest BCUT2D eigenvalue weighted by atomic mass is 10.1. The molecule has 4 aromatic heterocycles. The number of anilines is 3.